The van der Waals surface area contributed by atoms with E-state index in [1.165, 1.54) is 5.39 Å². The molecule has 4 rings (SSSR count). The van der Waals surface area contributed by atoms with E-state index in [1.54, 1.807) is 16.7 Å². The highest BCUT2D eigenvalue weighted by Crippen LogP contribution is 2.32. The molecule has 2 aliphatic rings. The van der Waals surface area contributed by atoms with Gasteiger partial charge in [0.1, 0.15) is 6.54 Å². The van der Waals surface area contributed by atoms with E-state index < -0.39 is 0 Å². The molecule has 1 aromatic heterocycles. The minimum Gasteiger partial charge on any atom is -0.357 e. The van der Waals surface area contributed by atoms with Crippen LogP contribution in [0, 0.1) is 0 Å². The Balaban J connectivity index is 1.56. The Bertz CT molecular complexity index is 739. The molecule has 0 aliphatic carbocycles. The van der Waals surface area contributed by atoms with Crippen LogP contribution >= 0.6 is 11.8 Å². The van der Waals surface area contributed by atoms with Gasteiger partial charge < -0.3 is 14.8 Å². The van der Waals surface area contributed by atoms with E-state index in [4.69, 9.17) is 0 Å². The van der Waals surface area contributed by atoms with Crippen molar-refractivity contribution in [2.75, 3.05) is 24.7 Å². The van der Waals surface area contributed by atoms with Crippen LogP contribution in [0.2, 0.25) is 0 Å². The van der Waals surface area contributed by atoms with Crippen molar-refractivity contribution in [3.05, 3.63) is 36.0 Å². The molecule has 5 nitrogen and oxygen atoms in total. The highest BCUT2D eigenvalue weighted by atomic mass is 32.2. The molecule has 0 spiro atoms. The Hall–Kier alpha value is -1.95. The number of H-pyrrole nitrogens is 1. The second-order valence-corrected chi connectivity index (χ2v) is 7.44. The predicted octanol–water partition coefficient (Wildman–Crippen LogP) is 2.75. The molecule has 1 atom stereocenters. The molecule has 2 saturated heterocycles. The average Bonchev–Trinajstić information content (AvgIpc) is 3.21. The fourth-order valence-corrected chi connectivity index (χ4v) is 4.53. The summed E-state index contributed by atoms with van der Waals surface area (Å²) >= 11 is 1.58. The lowest BCUT2D eigenvalue weighted by molar-refractivity contribution is -0.140. The molecule has 3 heterocycles. The first kappa shape index (κ1) is 15.6. The lowest BCUT2D eigenvalue weighted by Gasteiger charge is -2.36. The first-order valence-corrected chi connectivity index (χ1v) is 9.60. The zero-order valence-electron chi connectivity index (χ0n) is 13.5. The Morgan fingerprint density at radius 2 is 2.17 bits per heavy atom. The van der Waals surface area contributed by atoms with Crippen LogP contribution in [0.25, 0.3) is 10.9 Å². The predicted molar refractivity (Wildman–Crippen MR) is 95.6 cm³/mol. The van der Waals surface area contributed by atoms with E-state index in [-0.39, 0.29) is 24.4 Å². The van der Waals surface area contributed by atoms with Gasteiger partial charge in [0.25, 0.3) is 0 Å². The third-order valence-electron chi connectivity index (χ3n) is 4.88. The van der Waals surface area contributed by atoms with Crippen molar-refractivity contribution in [3.63, 3.8) is 0 Å². The second kappa shape index (κ2) is 6.51. The van der Waals surface area contributed by atoms with Crippen molar-refractivity contribution in [3.8, 4) is 0 Å². The first-order valence-electron chi connectivity index (χ1n) is 8.45. The number of carbonyl (C=O) groups excluding carboxylic acids is 2. The smallest absolute Gasteiger partial charge is 0.242 e. The molecule has 24 heavy (non-hydrogen) atoms. The average molecular weight is 343 g/mol. The molecule has 2 amide bonds. The van der Waals surface area contributed by atoms with Crippen LogP contribution in [-0.4, -0.2) is 51.3 Å². The normalized spacial score (nSPS) is 21.7. The molecule has 1 aromatic carbocycles. The summed E-state index contributed by atoms with van der Waals surface area (Å²) in [5.41, 5.74) is 2.21. The fourth-order valence-electron chi connectivity index (χ4n) is 3.62. The Labute approximate surface area is 145 Å². The minimum atomic E-state index is 0.0641. The maximum atomic E-state index is 12.8. The van der Waals surface area contributed by atoms with Crippen molar-refractivity contribution in [2.24, 2.45) is 0 Å². The first-order chi connectivity index (χ1) is 11.7. The number of nitrogens with one attached hydrogen (secondary N) is 1. The standard InChI is InChI=1S/C18H21N3O2S/c22-17(10-20-12-24-11-18(20)23)21-8-4-3-7-16(21)15-9-13-5-1-2-6-14(13)19-15/h1-2,5-6,9,16,19H,3-4,7-8,10-12H2/t16-/m0/s1. The number of carbonyl (C=O) groups is 2. The fraction of sp³-hybridized carbons (Fsp3) is 0.444. The van der Waals surface area contributed by atoms with Gasteiger partial charge in [-0.25, -0.2) is 0 Å². The summed E-state index contributed by atoms with van der Waals surface area (Å²) in [6, 6.07) is 10.4. The van der Waals surface area contributed by atoms with Crippen molar-refractivity contribution >= 4 is 34.5 Å². The summed E-state index contributed by atoms with van der Waals surface area (Å²) in [6.07, 6.45) is 3.13. The number of hydrogen-bond acceptors (Lipinski definition) is 3. The van der Waals surface area contributed by atoms with Gasteiger partial charge in [-0.2, -0.15) is 0 Å². The van der Waals surface area contributed by atoms with Crippen LogP contribution in [0.5, 0.6) is 0 Å². The number of aromatic amines is 1. The van der Waals surface area contributed by atoms with E-state index in [1.807, 2.05) is 17.0 Å². The van der Waals surface area contributed by atoms with Gasteiger partial charge in [-0.15, -0.1) is 11.8 Å². The van der Waals surface area contributed by atoms with Crippen molar-refractivity contribution < 1.29 is 9.59 Å². The number of likely N-dealkylation sites (tertiary alicyclic amines) is 1. The van der Waals surface area contributed by atoms with Gasteiger partial charge in [0, 0.05) is 17.8 Å². The number of nitrogens with zero attached hydrogens (tertiary/aromatic N) is 2. The molecule has 2 fully saturated rings. The number of benzene rings is 1. The number of piperidine rings is 1. The molecule has 2 aliphatic heterocycles. The number of rotatable bonds is 3. The Morgan fingerprint density at radius 1 is 1.29 bits per heavy atom. The number of para-hydroxylation sites is 1. The summed E-state index contributed by atoms with van der Waals surface area (Å²) in [4.78, 5) is 31.7. The molecule has 0 bridgehead atoms. The highest BCUT2D eigenvalue weighted by molar-refractivity contribution is 8.00. The van der Waals surface area contributed by atoms with Gasteiger partial charge in [-0.05, 0) is 36.8 Å². The van der Waals surface area contributed by atoms with Gasteiger partial charge in [0.2, 0.25) is 11.8 Å². The van der Waals surface area contributed by atoms with Crippen LogP contribution < -0.4 is 0 Å². The molecular formula is C18H21N3O2S. The van der Waals surface area contributed by atoms with Gasteiger partial charge in [-0.3, -0.25) is 9.59 Å². The number of amides is 2. The highest BCUT2D eigenvalue weighted by Gasteiger charge is 2.32. The van der Waals surface area contributed by atoms with E-state index >= 15 is 0 Å². The second-order valence-electron chi connectivity index (χ2n) is 6.48. The zero-order valence-corrected chi connectivity index (χ0v) is 14.3. The monoisotopic (exact) mass is 343 g/mol. The van der Waals surface area contributed by atoms with E-state index in [2.05, 4.69) is 23.2 Å². The molecule has 0 unspecified atom stereocenters. The molecule has 126 valence electrons. The summed E-state index contributed by atoms with van der Waals surface area (Å²) in [5.74, 6) is 1.27. The maximum Gasteiger partial charge on any atom is 0.242 e. The number of aromatic nitrogens is 1. The van der Waals surface area contributed by atoms with Gasteiger partial charge in [0.15, 0.2) is 0 Å². The molecule has 0 saturated carbocycles. The SMILES string of the molecule is O=C1CSCN1CC(=O)N1CCCC[C@H]1c1cc2ccccc2[nH]1. The largest absolute Gasteiger partial charge is 0.357 e. The minimum absolute atomic E-state index is 0.0641. The summed E-state index contributed by atoms with van der Waals surface area (Å²) in [5, 5.41) is 1.18. The van der Waals surface area contributed by atoms with Crippen LogP contribution in [-0.2, 0) is 9.59 Å². The van der Waals surface area contributed by atoms with Gasteiger partial charge >= 0.3 is 0 Å². The number of fused-ring (bicyclic) bond motifs is 1. The number of hydrogen-bond donors (Lipinski definition) is 1. The molecule has 6 heteroatoms. The number of thioether (sulfide) groups is 1. The lowest BCUT2D eigenvalue weighted by Crippen LogP contribution is -2.44. The topological polar surface area (TPSA) is 56.4 Å². The molecule has 1 N–H and O–H groups in total. The van der Waals surface area contributed by atoms with E-state index in [9.17, 15) is 9.59 Å². The zero-order chi connectivity index (χ0) is 16.5. The lowest BCUT2D eigenvalue weighted by atomic mass is 9.99. The van der Waals surface area contributed by atoms with Crippen LogP contribution in [0.1, 0.15) is 31.0 Å². The Morgan fingerprint density at radius 3 is 2.96 bits per heavy atom. The van der Waals surface area contributed by atoms with Crippen molar-refractivity contribution in [1.29, 1.82) is 0 Å². The van der Waals surface area contributed by atoms with E-state index in [0.717, 1.165) is 37.0 Å². The van der Waals surface area contributed by atoms with Crippen molar-refractivity contribution in [2.45, 2.75) is 25.3 Å². The summed E-state index contributed by atoms with van der Waals surface area (Å²) in [7, 11) is 0. The third-order valence-corrected chi connectivity index (χ3v) is 5.83. The van der Waals surface area contributed by atoms with Gasteiger partial charge in [0.05, 0.1) is 17.7 Å². The summed E-state index contributed by atoms with van der Waals surface area (Å²) in [6.45, 7) is 0.983. The third kappa shape index (κ3) is 2.90. The van der Waals surface area contributed by atoms with Crippen LogP contribution in [0.15, 0.2) is 30.3 Å². The summed E-state index contributed by atoms with van der Waals surface area (Å²) < 4.78 is 0. The maximum absolute atomic E-state index is 12.8. The quantitative estimate of drug-likeness (QED) is 0.932. The van der Waals surface area contributed by atoms with Crippen LogP contribution in [0.4, 0.5) is 0 Å². The molecular weight excluding hydrogens is 322 g/mol. The van der Waals surface area contributed by atoms with Gasteiger partial charge in [-0.1, -0.05) is 18.2 Å². The van der Waals surface area contributed by atoms with E-state index in [0.29, 0.717) is 11.6 Å². The Kier molecular flexibility index (Phi) is 4.22. The van der Waals surface area contributed by atoms with Crippen LogP contribution in [0.3, 0.4) is 0 Å². The molecule has 2 aromatic rings. The van der Waals surface area contributed by atoms with Crippen molar-refractivity contribution in [1.82, 2.24) is 14.8 Å². The molecule has 0 radical (unpaired) electrons.